The van der Waals surface area contributed by atoms with Crippen LogP contribution in [0.2, 0.25) is 0 Å². The second kappa shape index (κ2) is 11.3. The van der Waals surface area contributed by atoms with Gasteiger partial charge in [-0.05, 0) is 50.3 Å². The number of alkyl halides is 4. The van der Waals surface area contributed by atoms with Crippen LogP contribution in [-0.4, -0.2) is 70.9 Å². The van der Waals surface area contributed by atoms with Gasteiger partial charge in [0.15, 0.2) is 0 Å². The minimum absolute atomic E-state index is 0.0441. The second-order valence-corrected chi connectivity index (χ2v) is 10.6. The monoisotopic (exact) mass is 548 g/mol. The van der Waals surface area contributed by atoms with E-state index < -0.39 is 18.6 Å². The molecule has 39 heavy (non-hydrogen) atoms. The van der Waals surface area contributed by atoms with Crippen molar-refractivity contribution in [1.29, 1.82) is 0 Å². The van der Waals surface area contributed by atoms with Gasteiger partial charge in [-0.3, -0.25) is 9.29 Å². The van der Waals surface area contributed by atoms with E-state index >= 15 is 0 Å². The molecule has 10 heteroatoms. The summed E-state index contributed by atoms with van der Waals surface area (Å²) in [6, 6.07) is 11.9. The highest BCUT2D eigenvalue weighted by Crippen LogP contribution is 2.46. The molecule has 0 aliphatic carbocycles. The zero-order valence-corrected chi connectivity index (χ0v) is 22.3. The minimum Gasteiger partial charge on any atom is -0.405 e. The van der Waals surface area contributed by atoms with Gasteiger partial charge in [0.05, 0.1) is 12.7 Å². The molecule has 1 fully saturated rings. The van der Waals surface area contributed by atoms with E-state index in [1.807, 2.05) is 43.0 Å². The van der Waals surface area contributed by atoms with Crippen LogP contribution in [0, 0.1) is 0 Å². The van der Waals surface area contributed by atoms with Gasteiger partial charge in [-0.15, -0.1) is 13.2 Å². The number of H-pyrrole nitrogens is 1. The number of aliphatic hydroxyl groups excluding tert-OH is 1. The molecule has 6 nitrogen and oxygen atoms in total. The van der Waals surface area contributed by atoms with Crippen LogP contribution in [0.3, 0.4) is 0 Å². The molecule has 0 spiro atoms. The highest BCUT2D eigenvalue weighted by Gasteiger charge is 2.41. The Hall–Kier alpha value is -2.82. The average molecular weight is 549 g/mol. The fraction of sp³-hybridized carbons (Fsp3) is 0.517. The largest absolute Gasteiger partial charge is 0.573 e. The van der Waals surface area contributed by atoms with Crippen molar-refractivity contribution in [3.63, 3.8) is 0 Å². The number of fused-ring (bicyclic) bond motifs is 3. The number of nitrogens with zero attached hydrogens (tertiary/aromatic N) is 2. The summed E-state index contributed by atoms with van der Waals surface area (Å²) in [6.45, 7) is 5.66. The molecule has 0 saturated carbocycles. The Kier molecular flexibility index (Phi) is 8.07. The van der Waals surface area contributed by atoms with Crippen molar-refractivity contribution in [3.8, 4) is 5.75 Å². The van der Waals surface area contributed by atoms with Gasteiger partial charge in [0.1, 0.15) is 12.0 Å². The topological polar surface area (TPSA) is 63.8 Å². The van der Waals surface area contributed by atoms with Crippen LogP contribution in [0.15, 0.2) is 42.5 Å². The Balaban J connectivity index is 1.54. The van der Waals surface area contributed by atoms with Crippen molar-refractivity contribution in [1.82, 2.24) is 14.8 Å². The third-order valence-corrected chi connectivity index (χ3v) is 7.92. The molecular formula is C29H36F4N4O2. The summed E-state index contributed by atoms with van der Waals surface area (Å²) in [5, 5.41) is 15.4. The first kappa shape index (κ1) is 27.7. The number of anilines is 1. The Morgan fingerprint density at radius 2 is 2.00 bits per heavy atom. The number of halogens is 4. The maximum Gasteiger partial charge on any atom is 0.573 e. The summed E-state index contributed by atoms with van der Waals surface area (Å²) in [5.74, 6) is -0.295. The number of benzene rings is 2. The van der Waals surface area contributed by atoms with Gasteiger partial charge in [-0.2, -0.15) is 0 Å². The highest BCUT2D eigenvalue weighted by atomic mass is 19.4. The molecule has 1 aromatic heterocycles. The third kappa shape index (κ3) is 5.88. The summed E-state index contributed by atoms with van der Waals surface area (Å²) >= 11 is 0. The first-order valence-electron chi connectivity index (χ1n) is 13.7. The van der Waals surface area contributed by atoms with E-state index in [4.69, 9.17) is 0 Å². The molecule has 4 atom stereocenters. The normalized spacial score (nSPS) is 23.2. The van der Waals surface area contributed by atoms with E-state index in [0.29, 0.717) is 43.6 Å². The lowest BCUT2D eigenvalue weighted by atomic mass is 9.87. The third-order valence-electron chi connectivity index (χ3n) is 7.92. The first-order valence-corrected chi connectivity index (χ1v) is 13.7. The number of ether oxygens (including phenoxy) is 1. The number of aromatic nitrogens is 1. The standard InChI is InChI=1S/C29H36F4N4O2/c1-3-26(38)37-18(2)15-23-21-7-4-5-8-24(21)35-27(23)28(37)22-10-9-19(16-25(22)39-29(31,32)33)34-20-11-14-36(17-20)13-6-12-30/h4-5,7-10,16,18,20,26,28,34-35,38H,3,6,11-15,17H2,1-2H3. The number of aromatic amines is 1. The molecule has 0 bridgehead atoms. The molecular weight excluding hydrogens is 512 g/mol. The molecule has 3 N–H and O–H groups in total. The van der Waals surface area contributed by atoms with E-state index in [0.717, 1.165) is 35.1 Å². The Morgan fingerprint density at radius 3 is 2.74 bits per heavy atom. The molecule has 5 rings (SSSR count). The summed E-state index contributed by atoms with van der Waals surface area (Å²) in [5.41, 5.74) is 3.58. The SMILES string of the molecule is CCC(O)N1C(C)Cc2c([nH]c3ccccc23)C1c1ccc(NC2CCN(CCCF)C2)cc1OC(F)(F)F. The maximum atomic E-state index is 13.7. The van der Waals surface area contributed by atoms with Crippen molar-refractivity contribution >= 4 is 16.6 Å². The molecule has 3 aromatic rings. The second-order valence-electron chi connectivity index (χ2n) is 10.6. The Morgan fingerprint density at radius 1 is 1.21 bits per heavy atom. The predicted octanol–water partition coefficient (Wildman–Crippen LogP) is 5.98. The Labute approximate surface area is 225 Å². The number of likely N-dealkylation sites (tertiary alicyclic amines) is 1. The van der Waals surface area contributed by atoms with Crippen molar-refractivity contribution in [2.75, 3.05) is 31.6 Å². The van der Waals surface area contributed by atoms with Crippen LogP contribution in [0.1, 0.15) is 56.0 Å². The molecule has 1 saturated heterocycles. The lowest BCUT2D eigenvalue weighted by Gasteiger charge is -2.43. The van der Waals surface area contributed by atoms with E-state index in [9.17, 15) is 22.7 Å². The van der Waals surface area contributed by atoms with Crippen molar-refractivity contribution < 1.29 is 27.4 Å². The summed E-state index contributed by atoms with van der Waals surface area (Å²) < 4.78 is 58.3. The summed E-state index contributed by atoms with van der Waals surface area (Å²) in [4.78, 5) is 7.48. The number of rotatable bonds is 9. The minimum atomic E-state index is -4.89. The lowest BCUT2D eigenvalue weighted by Crippen LogP contribution is -2.48. The quantitative estimate of drug-likeness (QED) is 0.288. The molecule has 4 unspecified atom stereocenters. The summed E-state index contributed by atoms with van der Waals surface area (Å²) in [7, 11) is 0. The number of hydrogen-bond acceptors (Lipinski definition) is 5. The molecule has 212 valence electrons. The molecule has 2 aliphatic heterocycles. The van der Waals surface area contributed by atoms with Gasteiger partial charge in [-0.25, -0.2) is 0 Å². The lowest BCUT2D eigenvalue weighted by molar-refractivity contribution is -0.275. The molecule has 0 amide bonds. The maximum absolute atomic E-state index is 13.7. The fourth-order valence-corrected chi connectivity index (χ4v) is 6.21. The van der Waals surface area contributed by atoms with Crippen LogP contribution >= 0.6 is 0 Å². The first-order chi connectivity index (χ1) is 18.7. The number of para-hydroxylation sites is 1. The smallest absolute Gasteiger partial charge is 0.405 e. The van der Waals surface area contributed by atoms with Gasteiger partial charge in [0.2, 0.25) is 0 Å². The molecule has 0 radical (unpaired) electrons. The van der Waals surface area contributed by atoms with E-state index in [-0.39, 0.29) is 24.5 Å². The summed E-state index contributed by atoms with van der Waals surface area (Å²) in [6.07, 6.45) is -3.37. The van der Waals surface area contributed by atoms with E-state index in [1.165, 1.54) is 6.07 Å². The van der Waals surface area contributed by atoms with Crippen LogP contribution in [0.5, 0.6) is 5.75 Å². The number of hydrogen-bond donors (Lipinski definition) is 3. The number of aliphatic hydroxyl groups is 1. The van der Waals surface area contributed by atoms with Crippen molar-refractivity contribution in [2.24, 2.45) is 0 Å². The van der Waals surface area contributed by atoms with Crippen LogP contribution in [-0.2, 0) is 6.42 Å². The van der Waals surface area contributed by atoms with Gasteiger partial charge in [0, 0.05) is 65.6 Å². The fourth-order valence-electron chi connectivity index (χ4n) is 6.21. The van der Waals surface area contributed by atoms with Crippen LogP contribution in [0.4, 0.5) is 23.2 Å². The highest BCUT2D eigenvalue weighted by molar-refractivity contribution is 5.85. The van der Waals surface area contributed by atoms with Gasteiger partial charge in [0.25, 0.3) is 0 Å². The van der Waals surface area contributed by atoms with Crippen molar-refractivity contribution in [2.45, 2.75) is 70.2 Å². The van der Waals surface area contributed by atoms with Gasteiger partial charge in [-0.1, -0.05) is 31.2 Å². The van der Waals surface area contributed by atoms with Crippen LogP contribution in [0.25, 0.3) is 10.9 Å². The van der Waals surface area contributed by atoms with E-state index in [2.05, 4.69) is 19.9 Å². The predicted molar refractivity (Wildman–Crippen MR) is 144 cm³/mol. The molecule has 2 aliphatic rings. The zero-order chi connectivity index (χ0) is 27.7. The van der Waals surface area contributed by atoms with Crippen molar-refractivity contribution in [3.05, 3.63) is 59.3 Å². The number of nitrogens with one attached hydrogen (secondary N) is 2. The average Bonchev–Trinajstić information content (AvgIpc) is 3.50. The van der Waals surface area contributed by atoms with Gasteiger partial charge >= 0.3 is 6.36 Å². The zero-order valence-electron chi connectivity index (χ0n) is 22.3. The molecule has 2 aromatic carbocycles. The molecule has 3 heterocycles. The van der Waals surface area contributed by atoms with Gasteiger partial charge < -0.3 is 25.0 Å². The van der Waals surface area contributed by atoms with Crippen LogP contribution < -0.4 is 10.1 Å². The Bertz CT molecular complexity index is 1280. The van der Waals surface area contributed by atoms with E-state index in [1.54, 1.807) is 12.1 Å².